The van der Waals surface area contributed by atoms with Gasteiger partial charge in [0.25, 0.3) is 5.88 Å². The van der Waals surface area contributed by atoms with E-state index < -0.39 is 0 Å². The lowest BCUT2D eigenvalue weighted by atomic mass is 10.0. The number of hydrogen-bond donors (Lipinski definition) is 0. The summed E-state index contributed by atoms with van der Waals surface area (Å²) in [6, 6.07) is 1.98. The average molecular weight is 233 g/mol. The molecule has 5 heteroatoms. The Hall–Kier alpha value is -1.67. The molecule has 1 aliphatic rings. The SMILES string of the molecule is CC1CC(Oc2nccnc2C#N)CC(C)O1. The average Bonchev–Trinajstić information content (AvgIpc) is 2.28. The maximum absolute atomic E-state index is 8.89. The molecule has 1 aromatic rings. The van der Waals surface area contributed by atoms with Crippen molar-refractivity contribution in [3.05, 3.63) is 18.1 Å². The standard InChI is InChI=1S/C12H15N3O2/c1-8-5-10(6-9(2)16-8)17-12-11(7-13)14-3-4-15-12/h3-4,8-10H,5-6H2,1-2H3. The maximum Gasteiger partial charge on any atom is 0.251 e. The van der Waals surface area contributed by atoms with E-state index >= 15 is 0 Å². The summed E-state index contributed by atoms with van der Waals surface area (Å²) < 4.78 is 11.4. The van der Waals surface area contributed by atoms with Gasteiger partial charge in [-0.25, -0.2) is 9.97 Å². The fraction of sp³-hybridized carbons (Fsp3) is 0.583. The van der Waals surface area contributed by atoms with Gasteiger partial charge in [-0.15, -0.1) is 0 Å². The van der Waals surface area contributed by atoms with Gasteiger partial charge < -0.3 is 9.47 Å². The Morgan fingerprint density at radius 1 is 1.29 bits per heavy atom. The van der Waals surface area contributed by atoms with E-state index in [4.69, 9.17) is 14.7 Å². The number of hydrogen-bond acceptors (Lipinski definition) is 5. The Kier molecular flexibility index (Phi) is 3.55. The van der Waals surface area contributed by atoms with Crippen molar-refractivity contribution in [1.29, 1.82) is 5.26 Å². The second kappa shape index (κ2) is 5.11. The summed E-state index contributed by atoms with van der Waals surface area (Å²) in [6.07, 6.45) is 5.02. The van der Waals surface area contributed by atoms with Gasteiger partial charge in [0, 0.05) is 25.2 Å². The van der Waals surface area contributed by atoms with Crippen LogP contribution in [0.5, 0.6) is 5.88 Å². The normalized spacial score (nSPS) is 28.4. The maximum atomic E-state index is 8.89. The molecule has 1 fully saturated rings. The third-order valence-electron chi connectivity index (χ3n) is 2.70. The molecule has 1 aromatic heterocycles. The fourth-order valence-electron chi connectivity index (χ4n) is 2.09. The molecular formula is C12H15N3O2. The third-order valence-corrected chi connectivity index (χ3v) is 2.70. The molecule has 0 amide bonds. The highest BCUT2D eigenvalue weighted by Crippen LogP contribution is 2.23. The topological polar surface area (TPSA) is 68.0 Å². The molecule has 90 valence electrons. The first-order valence-electron chi connectivity index (χ1n) is 5.72. The van der Waals surface area contributed by atoms with Gasteiger partial charge in [-0.2, -0.15) is 5.26 Å². The lowest BCUT2D eigenvalue weighted by Crippen LogP contribution is -2.36. The number of nitrogens with zero attached hydrogens (tertiary/aromatic N) is 3. The minimum absolute atomic E-state index is 0.0394. The first-order chi connectivity index (χ1) is 8.19. The molecule has 1 aliphatic heterocycles. The summed E-state index contributed by atoms with van der Waals surface area (Å²) in [7, 11) is 0. The monoisotopic (exact) mass is 233 g/mol. The van der Waals surface area contributed by atoms with Crippen molar-refractivity contribution >= 4 is 0 Å². The van der Waals surface area contributed by atoms with Gasteiger partial charge in [0.1, 0.15) is 12.2 Å². The van der Waals surface area contributed by atoms with E-state index in [-0.39, 0.29) is 24.0 Å². The molecule has 0 spiro atoms. The summed E-state index contributed by atoms with van der Waals surface area (Å²) in [5, 5.41) is 8.89. The van der Waals surface area contributed by atoms with Gasteiger partial charge in [0.05, 0.1) is 12.2 Å². The van der Waals surface area contributed by atoms with Crippen molar-refractivity contribution in [3.8, 4) is 11.9 Å². The van der Waals surface area contributed by atoms with Crippen molar-refractivity contribution in [1.82, 2.24) is 9.97 Å². The third kappa shape index (κ3) is 2.92. The van der Waals surface area contributed by atoms with Crippen molar-refractivity contribution in [3.63, 3.8) is 0 Å². The lowest BCUT2D eigenvalue weighted by molar-refractivity contribution is -0.0731. The van der Waals surface area contributed by atoms with Crippen LogP contribution in [0.1, 0.15) is 32.4 Å². The van der Waals surface area contributed by atoms with E-state index in [1.807, 2.05) is 19.9 Å². The number of rotatable bonds is 2. The van der Waals surface area contributed by atoms with Crippen LogP contribution in [0.25, 0.3) is 0 Å². The first-order valence-corrected chi connectivity index (χ1v) is 5.72. The zero-order valence-corrected chi connectivity index (χ0v) is 9.96. The van der Waals surface area contributed by atoms with Crippen molar-refractivity contribution in [2.75, 3.05) is 0 Å². The highest BCUT2D eigenvalue weighted by molar-refractivity contribution is 5.30. The molecule has 17 heavy (non-hydrogen) atoms. The van der Waals surface area contributed by atoms with Crippen LogP contribution in [0.3, 0.4) is 0 Å². The predicted octanol–water partition coefficient (Wildman–Crippen LogP) is 1.68. The van der Waals surface area contributed by atoms with Crippen molar-refractivity contribution in [2.24, 2.45) is 0 Å². The van der Waals surface area contributed by atoms with Crippen LogP contribution in [-0.4, -0.2) is 28.3 Å². The molecule has 0 saturated carbocycles. The minimum Gasteiger partial charge on any atom is -0.472 e. The molecule has 2 atom stereocenters. The Morgan fingerprint density at radius 3 is 2.59 bits per heavy atom. The van der Waals surface area contributed by atoms with Gasteiger partial charge in [-0.3, -0.25) is 0 Å². The second-order valence-electron chi connectivity index (χ2n) is 4.29. The molecule has 0 aromatic carbocycles. The van der Waals surface area contributed by atoms with Crippen LogP contribution in [0, 0.1) is 11.3 Å². The van der Waals surface area contributed by atoms with E-state index in [2.05, 4.69) is 9.97 Å². The van der Waals surface area contributed by atoms with Crippen LogP contribution in [-0.2, 0) is 4.74 Å². The van der Waals surface area contributed by atoms with Gasteiger partial charge >= 0.3 is 0 Å². The Balaban J connectivity index is 2.08. The summed E-state index contributed by atoms with van der Waals surface area (Å²) in [4.78, 5) is 7.97. The zero-order valence-electron chi connectivity index (χ0n) is 9.96. The van der Waals surface area contributed by atoms with E-state index in [0.717, 1.165) is 12.8 Å². The summed E-state index contributed by atoms with van der Waals surface area (Å²) >= 11 is 0. The van der Waals surface area contributed by atoms with Gasteiger partial charge in [-0.05, 0) is 13.8 Å². The Bertz CT molecular complexity index is 420. The van der Waals surface area contributed by atoms with Gasteiger partial charge in [-0.1, -0.05) is 0 Å². The first kappa shape index (κ1) is 11.8. The largest absolute Gasteiger partial charge is 0.472 e. The van der Waals surface area contributed by atoms with E-state index in [1.54, 1.807) is 0 Å². The van der Waals surface area contributed by atoms with Crippen LogP contribution in [0.2, 0.25) is 0 Å². The van der Waals surface area contributed by atoms with Crippen LogP contribution in [0.15, 0.2) is 12.4 Å². The molecule has 0 N–H and O–H groups in total. The Labute approximate surface area is 100 Å². The van der Waals surface area contributed by atoms with Gasteiger partial charge in [0.15, 0.2) is 0 Å². The zero-order chi connectivity index (χ0) is 12.3. The molecule has 2 heterocycles. The quantitative estimate of drug-likeness (QED) is 0.777. The highest BCUT2D eigenvalue weighted by Gasteiger charge is 2.26. The van der Waals surface area contributed by atoms with Crippen molar-refractivity contribution < 1.29 is 9.47 Å². The molecule has 0 radical (unpaired) electrons. The van der Waals surface area contributed by atoms with Crippen molar-refractivity contribution in [2.45, 2.75) is 45.0 Å². The summed E-state index contributed by atoms with van der Waals surface area (Å²) in [5.41, 5.74) is 0.235. The molecule has 0 bridgehead atoms. The molecular weight excluding hydrogens is 218 g/mol. The molecule has 5 nitrogen and oxygen atoms in total. The molecule has 0 aliphatic carbocycles. The Morgan fingerprint density at radius 2 is 1.94 bits per heavy atom. The number of ether oxygens (including phenoxy) is 2. The van der Waals surface area contributed by atoms with Crippen LogP contribution in [0.4, 0.5) is 0 Å². The van der Waals surface area contributed by atoms with Gasteiger partial charge in [0.2, 0.25) is 5.69 Å². The highest BCUT2D eigenvalue weighted by atomic mass is 16.5. The van der Waals surface area contributed by atoms with E-state index in [0.29, 0.717) is 5.88 Å². The summed E-state index contributed by atoms with van der Waals surface area (Å²) in [6.45, 7) is 4.04. The van der Waals surface area contributed by atoms with Crippen LogP contribution >= 0.6 is 0 Å². The molecule has 1 saturated heterocycles. The smallest absolute Gasteiger partial charge is 0.251 e. The number of nitriles is 1. The fourth-order valence-corrected chi connectivity index (χ4v) is 2.09. The van der Waals surface area contributed by atoms with E-state index in [1.165, 1.54) is 12.4 Å². The lowest BCUT2D eigenvalue weighted by Gasteiger charge is -2.31. The molecule has 2 unspecified atom stereocenters. The number of aromatic nitrogens is 2. The summed E-state index contributed by atoms with van der Waals surface area (Å²) in [5.74, 6) is 0.321. The second-order valence-corrected chi connectivity index (χ2v) is 4.29. The van der Waals surface area contributed by atoms with E-state index in [9.17, 15) is 0 Å². The minimum atomic E-state index is 0.0394. The molecule has 2 rings (SSSR count). The van der Waals surface area contributed by atoms with Crippen LogP contribution < -0.4 is 4.74 Å². The predicted molar refractivity (Wildman–Crippen MR) is 60.4 cm³/mol.